The number of carbonyl (C=O) groups excluding carboxylic acids is 2. The van der Waals surface area contributed by atoms with E-state index in [1.165, 1.54) is 0 Å². The van der Waals surface area contributed by atoms with Gasteiger partial charge in [0.2, 0.25) is 5.91 Å². The first-order valence-corrected chi connectivity index (χ1v) is 9.49. The van der Waals surface area contributed by atoms with Gasteiger partial charge in [-0.15, -0.1) is 0 Å². The van der Waals surface area contributed by atoms with Gasteiger partial charge in [-0.25, -0.2) is 4.98 Å². The lowest BCUT2D eigenvalue weighted by Gasteiger charge is -2.17. The van der Waals surface area contributed by atoms with E-state index in [0.717, 1.165) is 22.6 Å². The van der Waals surface area contributed by atoms with Crippen LogP contribution in [0.1, 0.15) is 17.8 Å². The van der Waals surface area contributed by atoms with Crippen LogP contribution in [0.3, 0.4) is 0 Å². The van der Waals surface area contributed by atoms with Crippen molar-refractivity contribution in [2.45, 2.75) is 19.4 Å². The fourth-order valence-corrected chi connectivity index (χ4v) is 3.08. The zero-order valence-electron chi connectivity index (χ0n) is 16.4. The molecule has 2 heterocycles. The van der Waals surface area contributed by atoms with Gasteiger partial charge in [-0.1, -0.05) is 0 Å². The second-order valence-corrected chi connectivity index (χ2v) is 6.77. The molecular weight excluding hydrogens is 386 g/mol. The first-order chi connectivity index (χ1) is 14.6. The molecule has 0 atom stereocenters. The van der Waals surface area contributed by atoms with Crippen LogP contribution in [0.5, 0.6) is 11.5 Å². The number of anilines is 1. The number of amides is 2. The van der Waals surface area contributed by atoms with E-state index in [1.54, 1.807) is 19.2 Å². The molecule has 154 valence electrons. The van der Waals surface area contributed by atoms with Crippen molar-refractivity contribution in [3.05, 3.63) is 53.9 Å². The van der Waals surface area contributed by atoms with Crippen LogP contribution in [-0.2, 0) is 22.6 Å². The minimum Gasteiger partial charge on any atom is -0.497 e. The zero-order valence-corrected chi connectivity index (χ0v) is 16.4. The Morgan fingerprint density at radius 2 is 1.93 bits per heavy atom. The lowest BCUT2D eigenvalue weighted by molar-refractivity contribution is -0.123. The number of H-pyrrole nitrogens is 1. The maximum atomic E-state index is 12.1. The number of aromatic amines is 1. The summed E-state index contributed by atoms with van der Waals surface area (Å²) in [5.41, 5.74) is 2.64. The van der Waals surface area contributed by atoms with Crippen molar-refractivity contribution in [3.8, 4) is 22.9 Å². The van der Waals surface area contributed by atoms with Gasteiger partial charge in [-0.05, 0) is 54.4 Å². The minimum atomic E-state index is -0.275. The summed E-state index contributed by atoms with van der Waals surface area (Å²) in [6.07, 6.45) is 1.11. The van der Waals surface area contributed by atoms with E-state index in [4.69, 9.17) is 9.47 Å². The van der Waals surface area contributed by atoms with Crippen LogP contribution in [0, 0.1) is 0 Å². The van der Waals surface area contributed by atoms with Gasteiger partial charge < -0.3 is 20.1 Å². The molecular formula is C21H21N5O4. The van der Waals surface area contributed by atoms with Crippen molar-refractivity contribution in [2.24, 2.45) is 0 Å². The molecule has 9 heteroatoms. The molecule has 2 amide bonds. The van der Waals surface area contributed by atoms with Gasteiger partial charge in [-0.3, -0.25) is 14.7 Å². The smallest absolute Gasteiger partial charge is 0.258 e. The summed E-state index contributed by atoms with van der Waals surface area (Å²) in [6, 6.07) is 12.8. The van der Waals surface area contributed by atoms with Gasteiger partial charge in [0.05, 0.1) is 13.7 Å². The van der Waals surface area contributed by atoms with E-state index in [1.807, 2.05) is 30.3 Å². The van der Waals surface area contributed by atoms with Gasteiger partial charge in [0, 0.05) is 17.7 Å². The molecule has 2 aromatic carbocycles. The quantitative estimate of drug-likeness (QED) is 0.552. The van der Waals surface area contributed by atoms with Crippen LogP contribution in [-0.4, -0.2) is 40.7 Å². The molecule has 0 unspecified atom stereocenters. The van der Waals surface area contributed by atoms with Crippen LogP contribution in [0.25, 0.3) is 11.4 Å². The summed E-state index contributed by atoms with van der Waals surface area (Å²) in [7, 11) is 1.61. The standard InChI is InChI=1S/C21H21N5O4/c1-29-15-5-2-13(3-6-15)21-24-18(25-26-21)11-22-20(28)12-30-16-7-8-17-14(10-16)4-9-19(27)23-17/h2-3,5-8,10H,4,9,11-12H2,1H3,(H,22,28)(H,23,27)(H,24,25,26). The monoisotopic (exact) mass is 407 g/mol. The first-order valence-electron chi connectivity index (χ1n) is 9.49. The number of carbonyl (C=O) groups is 2. The van der Waals surface area contributed by atoms with Crippen molar-refractivity contribution in [3.63, 3.8) is 0 Å². The molecule has 1 aromatic heterocycles. The van der Waals surface area contributed by atoms with Gasteiger partial charge >= 0.3 is 0 Å². The molecule has 0 saturated heterocycles. The van der Waals surface area contributed by atoms with E-state index >= 15 is 0 Å². The van der Waals surface area contributed by atoms with Crippen molar-refractivity contribution < 1.29 is 19.1 Å². The molecule has 0 saturated carbocycles. The number of hydrogen-bond acceptors (Lipinski definition) is 6. The number of nitrogens with one attached hydrogen (secondary N) is 3. The van der Waals surface area contributed by atoms with E-state index in [9.17, 15) is 9.59 Å². The number of rotatable bonds is 7. The van der Waals surface area contributed by atoms with Crippen molar-refractivity contribution in [2.75, 3.05) is 19.0 Å². The topological polar surface area (TPSA) is 118 Å². The predicted octanol–water partition coefficient (Wildman–Crippen LogP) is 2.06. The predicted molar refractivity (Wildman–Crippen MR) is 109 cm³/mol. The maximum absolute atomic E-state index is 12.1. The average Bonchev–Trinajstić information content (AvgIpc) is 3.25. The third-order valence-electron chi connectivity index (χ3n) is 4.68. The largest absolute Gasteiger partial charge is 0.497 e. The molecule has 1 aliphatic heterocycles. The molecule has 9 nitrogen and oxygen atoms in total. The van der Waals surface area contributed by atoms with E-state index in [2.05, 4.69) is 25.8 Å². The average molecular weight is 407 g/mol. The minimum absolute atomic E-state index is 0.0121. The molecule has 1 aliphatic rings. The third kappa shape index (κ3) is 4.57. The van der Waals surface area contributed by atoms with Crippen molar-refractivity contribution in [1.29, 1.82) is 0 Å². The number of benzene rings is 2. The number of hydrogen-bond donors (Lipinski definition) is 3. The highest BCUT2D eigenvalue weighted by Crippen LogP contribution is 2.26. The number of methoxy groups -OCH3 is 1. The molecule has 4 rings (SSSR count). The molecule has 30 heavy (non-hydrogen) atoms. The highest BCUT2D eigenvalue weighted by molar-refractivity contribution is 5.94. The molecule has 3 aromatic rings. The molecule has 0 spiro atoms. The third-order valence-corrected chi connectivity index (χ3v) is 4.68. The second-order valence-electron chi connectivity index (χ2n) is 6.77. The Balaban J connectivity index is 1.27. The van der Waals surface area contributed by atoms with Gasteiger partial charge in [0.15, 0.2) is 12.4 Å². The molecule has 0 bridgehead atoms. The fraction of sp³-hybridized carbons (Fsp3) is 0.238. The molecule has 3 N–H and O–H groups in total. The Hall–Kier alpha value is -3.88. The Morgan fingerprint density at radius 1 is 1.13 bits per heavy atom. The Bertz CT molecular complexity index is 1060. The van der Waals surface area contributed by atoms with Crippen LogP contribution in [0.4, 0.5) is 5.69 Å². The summed E-state index contributed by atoms with van der Waals surface area (Å²) in [5, 5.41) is 12.5. The molecule has 0 aliphatic carbocycles. The van der Waals surface area contributed by atoms with Crippen molar-refractivity contribution >= 4 is 17.5 Å². The SMILES string of the molecule is COc1ccc(-c2n[nH]c(CNC(=O)COc3ccc4c(c3)CCC(=O)N4)n2)cc1. The van der Waals surface area contributed by atoms with Crippen LogP contribution in [0.2, 0.25) is 0 Å². The van der Waals surface area contributed by atoms with Gasteiger partial charge in [0.1, 0.15) is 17.3 Å². The van der Waals surface area contributed by atoms with Crippen LogP contribution < -0.4 is 20.1 Å². The summed E-state index contributed by atoms with van der Waals surface area (Å²) >= 11 is 0. The highest BCUT2D eigenvalue weighted by Gasteiger charge is 2.15. The van der Waals surface area contributed by atoms with E-state index < -0.39 is 0 Å². The Kier molecular flexibility index (Phi) is 5.60. The van der Waals surface area contributed by atoms with E-state index in [-0.39, 0.29) is 25.0 Å². The second kappa shape index (κ2) is 8.64. The lowest BCUT2D eigenvalue weighted by Crippen LogP contribution is -2.28. The maximum Gasteiger partial charge on any atom is 0.258 e. The molecule has 0 radical (unpaired) electrons. The van der Waals surface area contributed by atoms with Crippen LogP contribution in [0.15, 0.2) is 42.5 Å². The van der Waals surface area contributed by atoms with Gasteiger partial charge in [-0.2, -0.15) is 5.10 Å². The van der Waals surface area contributed by atoms with Gasteiger partial charge in [0.25, 0.3) is 5.91 Å². The fourth-order valence-electron chi connectivity index (χ4n) is 3.08. The number of aryl methyl sites for hydroxylation is 1. The highest BCUT2D eigenvalue weighted by atomic mass is 16.5. The normalized spacial score (nSPS) is 12.6. The number of nitrogens with zero attached hydrogens (tertiary/aromatic N) is 2. The summed E-state index contributed by atoms with van der Waals surface area (Å²) < 4.78 is 10.7. The number of aromatic nitrogens is 3. The van der Waals surface area contributed by atoms with Crippen LogP contribution >= 0.6 is 0 Å². The lowest BCUT2D eigenvalue weighted by atomic mass is 10.0. The summed E-state index contributed by atoms with van der Waals surface area (Å²) in [4.78, 5) is 27.9. The number of fused-ring (bicyclic) bond motifs is 1. The summed E-state index contributed by atoms with van der Waals surface area (Å²) in [5.74, 6) is 2.16. The zero-order chi connectivity index (χ0) is 20.9. The Morgan fingerprint density at radius 3 is 2.73 bits per heavy atom. The summed E-state index contributed by atoms with van der Waals surface area (Å²) in [6.45, 7) is 0.0895. The van der Waals surface area contributed by atoms with Crippen molar-refractivity contribution in [1.82, 2.24) is 20.5 Å². The molecule has 0 fully saturated rings. The first kappa shape index (κ1) is 19.4. The number of ether oxygens (including phenoxy) is 2. The Labute approximate surface area is 172 Å². The van der Waals surface area contributed by atoms with E-state index in [0.29, 0.717) is 30.2 Å².